The van der Waals surface area contributed by atoms with E-state index in [-0.39, 0.29) is 23.2 Å². The zero-order valence-corrected chi connectivity index (χ0v) is 20.7. The van der Waals surface area contributed by atoms with E-state index in [0.29, 0.717) is 23.1 Å². The van der Waals surface area contributed by atoms with Crippen LogP contribution in [0.5, 0.6) is 5.88 Å². The molecule has 192 valence electrons. The fraction of sp³-hybridized carbons (Fsp3) is 0.107. The third-order valence-corrected chi connectivity index (χ3v) is 6.55. The van der Waals surface area contributed by atoms with E-state index in [0.717, 1.165) is 22.5 Å². The number of carbonyl (C=O) groups excluding carboxylic acids is 2. The molecule has 1 aliphatic heterocycles. The Morgan fingerprint density at radius 1 is 1.05 bits per heavy atom. The second-order valence-corrected chi connectivity index (χ2v) is 9.18. The smallest absolute Gasteiger partial charge is 0.325 e. The number of halogens is 1. The zero-order valence-electron chi connectivity index (χ0n) is 19.9. The van der Waals surface area contributed by atoms with Crippen LogP contribution in [-0.2, 0) is 22.4 Å². The molecule has 0 fully saturated rings. The summed E-state index contributed by atoms with van der Waals surface area (Å²) in [5.74, 6) is -1.31. The Kier molecular flexibility index (Phi) is 7.32. The van der Waals surface area contributed by atoms with Gasteiger partial charge in [-0.15, -0.1) is 11.3 Å². The van der Waals surface area contributed by atoms with Crippen LogP contribution in [0.4, 0.5) is 4.39 Å². The standard InChI is InChI=1S/C28H22FN3O5S/c29-22-13-20(18-6-8-19(9-7-18)26(30)33)10-11-21(22)14-31-27(34)25-28(32-16-38-25)37-24-15-35-23(36-24)12-17-4-2-1-3-5-17/h1-11,13,15-16,23H,12,14H2,(H2,30,33)(H,31,34). The van der Waals surface area contributed by atoms with Crippen molar-refractivity contribution in [2.75, 3.05) is 0 Å². The highest BCUT2D eigenvalue weighted by atomic mass is 32.1. The molecular weight excluding hydrogens is 509 g/mol. The van der Waals surface area contributed by atoms with Gasteiger partial charge < -0.3 is 25.3 Å². The minimum atomic E-state index is -0.546. The maximum absolute atomic E-state index is 14.8. The van der Waals surface area contributed by atoms with Gasteiger partial charge in [-0.1, -0.05) is 54.6 Å². The number of amides is 2. The number of carbonyl (C=O) groups is 2. The first-order chi connectivity index (χ1) is 18.5. The summed E-state index contributed by atoms with van der Waals surface area (Å²) in [4.78, 5) is 28.4. The van der Waals surface area contributed by atoms with Gasteiger partial charge in [0.15, 0.2) is 11.1 Å². The van der Waals surface area contributed by atoms with Gasteiger partial charge in [0.1, 0.15) is 5.82 Å². The van der Waals surface area contributed by atoms with Crippen LogP contribution in [-0.4, -0.2) is 23.1 Å². The monoisotopic (exact) mass is 531 g/mol. The van der Waals surface area contributed by atoms with E-state index in [9.17, 15) is 14.0 Å². The molecule has 3 N–H and O–H groups in total. The van der Waals surface area contributed by atoms with E-state index < -0.39 is 23.9 Å². The Morgan fingerprint density at radius 3 is 2.55 bits per heavy atom. The normalized spacial score (nSPS) is 14.2. The molecule has 10 heteroatoms. The number of aromatic nitrogens is 1. The minimum absolute atomic E-state index is 0.0373. The van der Waals surface area contributed by atoms with Crippen molar-refractivity contribution in [2.45, 2.75) is 19.3 Å². The van der Waals surface area contributed by atoms with Crippen LogP contribution in [0.15, 0.2) is 90.5 Å². The number of rotatable bonds is 9. The predicted octanol–water partition coefficient (Wildman–Crippen LogP) is 4.77. The number of nitrogens with zero attached hydrogens (tertiary/aromatic N) is 1. The van der Waals surface area contributed by atoms with Gasteiger partial charge in [-0.25, -0.2) is 9.37 Å². The number of benzene rings is 3. The highest BCUT2D eigenvalue weighted by Gasteiger charge is 2.25. The molecular formula is C28H22FN3O5S. The number of hydrogen-bond donors (Lipinski definition) is 2. The SMILES string of the molecule is NC(=O)c1ccc(-c2ccc(CNC(=O)c3scnc3OC3=COC(Cc4ccccc4)O3)c(F)c2)cc1. The lowest BCUT2D eigenvalue weighted by atomic mass is 10.0. The highest BCUT2D eigenvalue weighted by Crippen LogP contribution is 2.27. The van der Waals surface area contributed by atoms with Gasteiger partial charge in [0.2, 0.25) is 18.1 Å². The molecule has 3 aromatic carbocycles. The molecule has 0 radical (unpaired) electrons. The van der Waals surface area contributed by atoms with Gasteiger partial charge in [0, 0.05) is 24.1 Å². The first kappa shape index (κ1) is 25.0. The first-order valence-corrected chi connectivity index (χ1v) is 12.5. The average Bonchev–Trinajstić information content (AvgIpc) is 3.58. The highest BCUT2D eigenvalue weighted by molar-refractivity contribution is 7.12. The number of nitrogens with two attached hydrogens (primary N) is 1. The second kappa shape index (κ2) is 11.1. The zero-order chi connectivity index (χ0) is 26.5. The van der Waals surface area contributed by atoms with E-state index in [4.69, 9.17) is 19.9 Å². The largest absolute Gasteiger partial charge is 0.455 e. The molecule has 1 aromatic heterocycles. The topological polar surface area (TPSA) is 113 Å². The minimum Gasteiger partial charge on any atom is -0.455 e. The van der Waals surface area contributed by atoms with Crippen LogP contribution < -0.4 is 15.8 Å². The maximum Gasteiger partial charge on any atom is 0.325 e. The lowest BCUT2D eigenvalue weighted by Crippen LogP contribution is -2.23. The van der Waals surface area contributed by atoms with Crippen molar-refractivity contribution >= 4 is 23.2 Å². The lowest BCUT2D eigenvalue weighted by Gasteiger charge is -2.12. The third-order valence-electron chi connectivity index (χ3n) is 5.74. The molecule has 2 amide bonds. The average molecular weight is 532 g/mol. The van der Waals surface area contributed by atoms with Crippen molar-refractivity contribution < 1.29 is 28.2 Å². The summed E-state index contributed by atoms with van der Waals surface area (Å²) < 4.78 is 31.6. The molecule has 5 rings (SSSR count). The summed E-state index contributed by atoms with van der Waals surface area (Å²) >= 11 is 1.09. The number of hydrogen-bond acceptors (Lipinski definition) is 7. The van der Waals surface area contributed by atoms with Crippen molar-refractivity contribution in [3.05, 3.63) is 118 Å². The summed E-state index contributed by atoms with van der Waals surface area (Å²) in [7, 11) is 0. The fourth-order valence-electron chi connectivity index (χ4n) is 3.77. The molecule has 0 saturated carbocycles. The van der Waals surface area contributed by atoms with Crippen molar-refractivity contribution in [2.24, 2.45) is 5.73 Å². The third kappa shape index (κ3) is 5.81. The van der Waals surface area contributed by atoms with Crippen LogP contribution in [0.25, 0.3) is 11.1 Å². The van der Waals surface area contributed by atoms with Gasteiger partial charge in [-0.3, -0.25) is 9.59 Å². The molecule has 1 atom stereocenters. The molecule has 0 saturated heterocycles. The van der Waals surface area contributed by atoms with Crippen LogP contribution in [0.3, 0.4) is 0 Å². The Balaban J connectivity index is 1.17. The van der Waals surface area contributed by atoms with E-state index in [1.807, 2.05) is 30.3 Å². The van der Waals surface area contributed by atoms with Crippen LogP contribution >= 0.6 is 11.3 Å². The van der Waals surface area contributed by atoms with E-state index in [1.165, 1.54) is 17.8 Å². The van der Waals surface area contributed by atoms with Crippen LogP contribution in [0, 0.1) is 5.82 Å². The molecule has 1 aliphatic rings. The molecule has 4 aromatic rings. The Bertz CT molecular complexity index is 1490. The summed E-state index contributed by atoms with van der Waals surface area (Å²) in [6.07, 6.45) is 1.32. The summed E-state index contributed by atoms with van der Waals surface area (Å²) in [6.45, 7) is -0.0373. The number of ether oxygens (including phenoxy) is 3. The van der Waals surface area contributed by atoms with Crippen molar-refractivity contribution in [3.63, 3.8) is 0 Å². The number of thiazole rings is 1. The second-order valence-electron chi connectivity index (χ2n) is 8.33. The Hall–Kier alpha value is -4.70. The molecule has 8 nitrogen and oxygen atoms in total. The van der Waals surface area contributed by atoms with Crippen molar-refractivity contribution in [1.29, 1.82) is 0 Å². The first-order valence-electron chi connectivity index (χ1n) is 11.6. The summed E-state index contributed by atoms with van der Waals surface area (Å²) in [5.41, 5.74) is 9.82. The molecule has 0 bridgehead atoms. The van der Waals surface area contributed by atoms with Gasteiger partial charge in [0.25, 0.3) is 5.91 Å². The summed E-state index contributed by atoms with van der Waals surface area (Å²) in [5, 5.41) is 2.70. The van der Waals surface area contributed by atoms with Crippen molar-refractivity contribution in [1.82, 2.24) is 10.3 Å². The molecule has 2 heterocycles. The van der Waals surface area contributed by atoms with E-state index in [1.54, 1.807) is 36.4 Å². The molecule has 0 aliphatic carbocycles. The van der Waals surface area contributed by atoms with E-state index >= 15 is 0 Å². The maximum atomic E-state index is 14.8. The summed E-state index contributed by atoms with van der Waals surface area (Å²) in [6, 6.07) is 21.0. The molecule has 0 spiro atoms. The van der Waals surface area contributed by atoms with Gasteiger partial charge in [0.05, 0.1) is 5.51 Å². The number of primary amides is 1. The van der Waals surface area contributed by atoms with E-state index in [2.05, 4.69) is 10.3 Å². The van der Waals surface area contributed by atoms with Crippen LogP contribution in [0.1, 0.15) is 31.2 Å². The predicted molar refractivity (Wildman–Crippen MR) is 138 cm³/mol. The fourth-order valence-corrected chi connectivity index (χ4v) is 4.40. The van der Waals surface area contributed by atoms with Gasteiger partial charge in [-0.2, -0.15) is 0 Å². The van der Waals surface area contributed by atoms with Crippen LogP contribution in [0.2, 0.25) is 0 Å². The quantitative estimate of drug-likeness (QED) is 0.322. The Labute approximate surface area is 221 Å². The Morgan fingerprint density at radius 2 is 1.82 bits per heavy atom. The van der Waals surface area contributed by atoms with Crippen molar-refractivity contribution in [3.8, 4) is 17.0 Å². The lowest BCUT2D eigenvalue weighted by molar-refractivity contribution is -0.0524. The molecule has 38 heavy (non-hydrogen) atoms. The van der Waals surface area contributed by atoms with Gasteiger partial charge >= 0.3 is 5.95 Å². The van der Waals surface area contributed by atoms with Gasteiger partial charge in [-0.05, 0) is 34.9 Å². The molecule has 1 unspecified atom stereocenters. The number of nitrogens with one attached hydrogen (secondary N) is 1.